The molecule has 3 rings (SSSR count). The van der Waals surface area contributed by atoms with Crippen LogP contribution in [0, 0.1) is 23.7 Å². The van der Waals surface area contributed by atoms with Gasteiger partial charge < -0.3 is 14.2 Å². The standard InChI is InChI=1S/C27H34F2O5/c1-3-25(30)32-17-19-5-9-21(10-6-19)22-11-13-23(14-12-22)27(28,29)34-24-15-7-20(8-16-24)18-33-26(31)4-2/h3-4,7-8,15-16,19,21-23H,1-2,5-6,9-14,17-18H2. The summed E-state index contributed by atoms with van der Waals surface area (Å²) in [7, 11) is 0. The number of benzene rings is 1. The van der Waals surface area contributed by atoms with Gasteiger partial charge in [0.1, 0.15) is 12.4 Å². The van der Waals surface area contributed by atoms with Crippen molar-refractivity contribution in [1.82, 2.24) is 0 Å². The van der Waals surface area contributed by atoms with E-state index in [0.717, 1.165) is 44.6 Å². The second-order valence-corrected chi connectivity index (χ2v) is 9.35. The number of esters is 2. The zero-order chi connectivity index (χ0) is 24.6. The quantitative estimate of drug-likeness (QED) is 0.296. The fourth-order valence-electron chi connectivity index (χ4n) is 5.12. The lowest BCUT2D eigenvalue weighted by atomic mass is 9.69. The van der Waals surface area contributed by atoms with Gasteiger partial charge >= 0.3 is 18.0 Å². The van der Waals surface area contributed by atoms with Crippen molar-refractivity contribution in [1.29, 1.82) is 0 Å². The third kappa shape index (κ3) is 7.40. The summed E-state index contributed by atoms with van der Waals surface area (Å²) in [4.78, 5) is 22.4. The molecule has 2 fully saturated rings. The van der Waals surface area contributed by atoms with Crippen molar-refractivity contribution in [2.45, 2.75) is 64.1 Å². The first-order chi connectivity index (χ1) is 16.3. The highest BCUT2D eigenvalue weighted by Gasteiger charge is 2.45. The smallest absolute Gasteiger partial charge is 0.400 e. The van der Waals surface area contributed by atoms with E-state index in [1.54, 1.807) is 12.1 Å². The van der Waals surface area contributed by atoms with Crippen LogP contribution in [-0.2, 0) is 25.7 Å². The van der Waals surface area contributed by atoms with Gasteiger partial charge in [-0.1, -0.05) is 25.3 Å². The molecule has 1 aromatic carbocycles. The predicted molar refractivity (Wildman–Crippen MR) is 124 cm³/mol. The largest absolute Gasteiger partial charge is 0.462 e. The Hall–Kier alpha value is -2.70. The van der Waals surface area contributed by atoms with Gasteiger partial charge in [0.2, 0.25) is 0 Å². The van der Waals surface area contributed by atoms with Gasteiger partial charge in [0, 0.05) is 12.2 Å². The maximum Gasteiger partial charge on any atom is 0.400 e. The second kappa shape index (κ2) is 12.1. The minimum Gasteiger partial charge on any atom is -0.462 e. The Balaban J connectivity index is 1.42. The maximum absolute atomic E-state index is 14.8. The fraction of sp³-hybridized carbons (Fsp3) is 0.556. The lowest BCUT2D eigenvalue weighted by molar-refractivity contribution is -0.224. The van der Waals surface area contributed by atoms with Gasteiger partial charge in [-0.2, -0.15) is 8.78 Å². The molecular weight excluding hydrogens is 442 g/mol. The highest BCUT2D eigenvalue weighted by atomic mass is 19.3. The van der Waals surface area contributed by atoms with Gasteiger partial charge in [-0.15, -0.1) is 0 Å². The van der Waals surface area contributed by atoms with E-state index in [-0.39, 0.29) is 18.3 Å². The van der Waals surface area contributed by atoms with Crippen LogP contribution in [0.5, 0.6) is 5.75 Å². The van der Waals surface area contributed by atoms with Crippen molar-refractivity contribution in [3.05, 3.63) is 55.1 Å². The number of carbonyl (C=O) groups excluding carboxylic acids is 2. The minimum absolute atomic E-state index is 0.0490. The van der Waals surface area contributed by atoms with E-state index < -0.39 is 18.0 Å². The lowest BCUT2D eigenvalue weighted by Gasteiger charge is -2.39. The van der Waals surface area contributed by atoms with Gasteiger partial charge in [-0.3, -0.25) is 0 Å². The molecule has 0 spiro atoms. The first-order valence-corrected chi connectivity index (χ1v) is 12.0. The molecule has 2 aliphatic carbocycles. The summed E-state index contributed by atoms with van der Waals surface area (Å²) >= 11 is 0. The summed E-state index contributed by atoms with van der Waals surface area (Å²) in [5.74, 6) is -0.202. The fourth-order valence-corrected chi connectivity index (χ4v) is 5.12. The van der Waals surface area contributed by atoms with Crippen molar-refractivity contribution in [2.24, 2.45) is 23.7 Å². The van der Waals surface area contributed by atoms with Gasteiger partial charge in [-0.25, -0.2) is 9.59 Å². The second-order valence-electron chi connectivity index (χ2n) is 9.35. The molecule has 34 heavy (non-hydrogen) atoms. The van der Waals surface area contributed by atoms with Crippen LogP contribution in [0.15, 0.2) is 49.6 Å². The molecule has 0 bridgehead atoms. The molecule has 1 aromatic rings. The molecule has 0 N–H and O–H groups in total. The third-order valence-corrected chi connectivity index (χ3v) is 7.16. The molecule has 0 heterocycles. The average Bonchev–Trinajstić information content (AvgIpc) is 2.86. The number of carbonyl (C=O) groups is 2. The van der Waals surface area contributed by atoms with E-state index in [1.807, 2.05) is 0 Å². The Bertz CT molecular complexity index is 835. The first-order valence-electron chi connectivity index (χ1n) is 12.0. The normalized spacial score (nSPS) is 25.1. The zero-order valence-electron chi connectivity index (χ0n) is 19.6. The van der Waals surface area contributed by atoms with Crippen LogP contribution in [0.2, 0.25) is 0 Å². The maximum atomic E-state index is 14.8. The highest BCUT2D eigenvalue weighted by Crippen LogP contribution is 2.45. The van der Waals surface area contributed by atoms with E-state index in [2.05, 4.69) is 13.2 Å². The monoisotopic (exact) mass is 476 g/mol. The molecule has 0 saturated heterocycles. The van der Waals surface area contributed by atoms with Crippen LogP contribution in [0.3, 0.4) is 0 Å². The Morgan fingerprint density at radius 2 is 1.38 bits per heavy atom. The van der Waals surface area contributed by atoms with Crippen molar-refractivity contribution < 1.29 is 32.6 Å². The molecular formula is C27H34F2O5. The van der Waals surface area contributed by atoms with E-state index >= 15 is 0 Å². The van der Waals surface area contributed by atoms with Gasteiger partial charge in [-0.05, 0) is 86.8 Å². The van der Waals surface area contributed by atoms with E-state index in [0.29, 0.717) is 42.8 Å². The molecule has 0 aromatic heterocycles. The Morgan fingerprint density at radius 1 is 0.853 bits per heavy atom. The number of ether oxygens (including phenoxy) is 3. The Labute approximate surface area is 200 Å². The van der Waals surface area contributed by atoms with Crippen molar-refractivity contribution in [2.75, 3.05) is 6.61 Å². The van der Waals surface area contributed by atoms with Gasteiger partial charge in [0.05, 0.1) is 12.5 Å². The minimum atomic E-state index is -3.23. The highest BCUT2D eigenvalue weighted by molar-refractivity contribution is 5.81. The molecule has 0 unspecified atom stereocenters. The SMILES string of the molecule is C=CC(=O)OCc1ccc(OC(F)(F)C2CCC(C3CCC(COC(=O)C=C)CC3)CC2)cc1. The molecule has 0 aliphatic heterocycles. The third-order valence-electron chi connectivity index (χ3n) is 7.16. The van der Waals surface area contributed by atoms with Crippen molar-refractivity contribution in [3.63, 3.8) is 0 Å². The zero-order valence-corrected chi connectivity index (χ0v) is 19.6. The molecule has 2 aliphatic rings. The molecule has 0 atom stereocenters. The van der Waals surface area contributed by atoms with Crippen LogP contribution >= 0.6 is 0 Å². The van der Waals surface area contributed by atoms with E-state index in [9.17, 15) is 18.4 Å². The summed E-state index contributed by atoms with van der Waals surface area (Å²) < 4.78 is 44.9. The van der Waals surface area contributed by atoms with Crippen LogP contribution in [0.25, 0.3) is 0 Å². The molecule has 5 nitrogen and oxygen atoms in total. The van der Waals surface area contributed by atoms with Crippen LogP contribution < -0.4 is 4.74 Å². The van der Waals surface area contributed by atoms with Crippen molar-refractivity contribution in [3.8, 4) is 5.75 Å². The Morgan fingerprint density at radius 3 is 1.94 bits per heavy atom. The number of hydrogen-bond donors (Lipinski definition) is 0. The first kappa shape index (κ1) is 25.9. The van der Waals surface area contributed by atoms with Crippen LogP contribution in [0.4, 0.5) is 8.78 Å². The summed E-state index contributed by atoms with van der Waals surface area (Å²) in [6, 6.07) is 6.16. The summed E-state index contributed by atoms with van der Waals surface area (Å²) in [5.41, 5.74) is 0.681. The molecule has 7 heteroatoms. The number of alkyl halides is 2. The van der Waals surface area contributed by atoms with E-state index in [1.165, 1.54) is 18.2 Å². The van der Waals surface area contributed by atoms with Gasteiger partial charge in [0.15, 0.2) is 0 Å². The lowest BCUT2D eigenvalue weighted by Crippen LogP contribution is -2.38. The topological polar surface area (TPSA) is 61.8 Å². The summed E-state index contributed by atoms with van der Waals surface area (Å²) in [6.07, 6.45) is 5.65. The average molecular weight is 477 g/mol. The number of hydrogen-bond acceptors (Lipinski definition) is 5. The van der Waals surface area contributed by atoms with Crippen LogP contribution in [0.1, 0.15) is 56.9 Å². The number of rotatable bonds is 10. The summed E-state index contributed by atoms with van der Waals surface area (Å²) in [5, 5.41) is 0. The molecule has 0 radical (unpaired) electrons. The predicted octanol–water partition coefficient (Wildman–Crippen LogP) is 6.23. The molecule has 2 saturated carbocycles. The Kier molecular flexibility index (Phi) is 9.25. The summed E-state index contributed by atoms with van der Waals surface area (Å²) in [6.45, 7) is 7.22. The van der Waals surface area contributed by atoms with Crippen molar-refractivity contribution >= 4 is 11.9 Å². The molecule has 0 amide bonds. The van der Waals surface area contributed by atoms with Gasteiger partial charge in [0.25, 0.3) is 0 Å². The molecule has 186 valence electrons. The van der Waals surface area contributed by atoms with E-state index in [4.69, 9.17) is 14.2 Å². The number of halogens is 2. The van der Waals surface area contributed by atoms with Crippen LogP contribution in [-0.4, -0.2) is 24.7 Å².